The number of hydrogen-bond acceptors (Lipinski definition) is 8. The van der Waals surface area contributed by atoms with Crippen LogP contribution < -0.4 is 15.8 Å². The fourth-order valence-electron chi connectivity index (χ4n) is 2.98. The molecule has 3 rings (SSSR count). The van der Waals surface area contributed by atoms with Crippen LogP contribution in [0, 0.1) is 4.91 Å². The zero-order chi connectivity index (χ0) is 18.9. The Morgan fingerprint density at radius 3 is 2.89 bits per heavy atom. The van der Waals surface area contributed by atoms with Gasteiger partial charge in [-0.3, -0.25) is 4.90 Å². The van der Waals surface area contributed by atoms with Gasteiger partial charge in [-0.05, 0) is 12.1 Å². The predicted molar refractivity (Wildman–Crippen MR) is 108 cm³/mol. The fraction of sp³-hybridized carbons (Fsp3) is 0.474. The molecule has 1 atom stereocenters. The van der Waals surface area contributed by atoms with Crippen LogP contribution in [0.3, 0.4) is 0 Å². The number of nitroso groups, excluding NO2 is 1. The normalized spacial score (nSPS) is 16.1. The van der Waals surface area contributed by atoms with Crippen molar-refractivity contribution in [3.8, 4) is 5.75 Å². The summed E-state index contributed by atoms with van der Waals surface area (Å²) in [7, 11) is 0. The van der Waals surface area contributed by atoms with Gasteiger partial charge < -0.3 is 20.5 Å². The number of nitrogens with zero attached hydrogens (tertiary/aromatic N) is 2. The molecule has 0 radical (unpaired) electrons. The Bertz CT molecular complexity index is 718. The molecule has 7 nitrogen and oxygen atoms in total. The van der Waals surface area contributed by atoms with E-state index in [0.717, 1.165) is 49.0 Å². The highest BCUT2D eigenvalue weighted by molar-refractivity contribution is 7.10. The molecular weight excluding hydrogens is 364 g/mol. The summed E-state index contributed by atoms with van der Waals surface area (Å²) in [6.07, 6.45) is 0. The Kier molecular flexibility index (Phi) is 7.58. The Morgan fingerprint density at radius 2 is 2.15 bits per heavy atom. The van der Waals surface area contributed by atoms with Crippen LogP contribution in [-0.4, -0.2) is 50.9 Å². The molecule has 146 valence electrons. The SMILES string of the molecule is Nc1csc([C@H](CNCc2ccccc2OCCN2CCOCC2)N=O)c1. The van der Waals surface area contributed by atoms with Gasteiger partial charge in [-0.1, -0.05) is 23.4 Å². The minimum atomic E-state index is -0.429. The minimum absolute atomic E-state index is 0.429. The Labute approximate surface area is 163 Å². The van der Waals surface area contributed by atoms with Crippen molar-refractivity contribution in [2.75, 3.05) is 51.7 Å². The zero-order valence-corrected chi connectivity index (χ0v) is 16.1. The first-order chi connectivity index (χ1) is 13.3. The smallest absolute Gasteiger partial charge is 0.138 e. The van der Waals surface area contributed by atoms with E-state index in [0.29, 0.717) is 25.4 Å². The number of ether oxygens (including phenoxy) is 2. The van der Waals surface area contributed by atoms with Gasteiger partial charge >= 0.3 is 0 Å². The standard InChI is InChI=1S/C19H26N4O3S/c20-16-11-19(27-14-16)17(22-24)13-21-12-15-3-1-2-4-18(15)26-10-7-23-5-8-25-9-6-23/h1-4,11,14,17,21H,5-10,12-13,20H2/t17-/m0/s1. The molecule has 0 aliphatic carbocycles. The Morgan fingerprint density at radius 1 is 1.33 bits per heavy atom. The van der Waals surface area contributed by atoms with Crippen molar-refractivity contribution in [1.82, 2.24) is 10.2 Å². The van der Waals surface area contributed by atoms with Crippen molar-refractivity contribution < 1.29 is 9.47 Å². The molecular formula is C19H26N4O3S. The number of benzene rings is 1. The molecule has 1 aromatic heterocycles. The van der Waals surface area contributed by atoms with Crippen LogP contribution in [0.4, 0.5) is 5.69 Å². The van der Waals surface area contributed by atoms with Gasteiger partial charge in [-0.25, -0.2) is 0 Å². The molecule has 1 saturated heterocycles. The number of nitrogens with two attached hydrogens (primary N) is 1. The molecule has 0 saturated carbocycles. The van der Waals surface area contributed by atoms with Crippen LogP contribution >= 0.6 is 11.3 Å². The highest BCUT2D eigenvalue weighted by Crippen LogP contribution is 2.26. The van der Waals surface area contributed by atoms with Crippen LogP contribution in [-0.2, 0) is 11.3 Å². The highest BCUT2D eigenvalue weighted by Gasteiger charge is 2.14. The number of nitrogens with one attached hydrogen (secondary N) is 1. The summed E-state index contributed by atoms with van der Waals surface area (Å²) >= 11 is 1.46. The van der Waals surface area contributed by atoms with Gasteiger partial charge in [0.05, 0.1) is 13.2 Å². The summed E-state index contributed by atoms with van der Waals surface area (Å²) in [4.78, 5) is 14.4. The molecule has 27 heavy (non-hydrogen) atoms. The van der Waals surface area contributed by atoms with Crippen molar-refractivity contribution in [3.63, 3.8) is 0 Å². The lowest BCUT2D eigenvalue weighted by atomic mass is 10.2. The van der Waals surface area contributed by atoms with E-state index in [9.17, 15) is 4.91 Å². The van der Waals surface area contributed by atoms with Crippen molar-refractivity contribution in [3.05, 3.63) is 51.1 Å². The predicted octanol–water partition coefficient (Wildman–Crippen LogP) is 2.64. The van der Waals surface area contributed by atoms with Gasteiger partial charge in [0.1, 0.15) is 18.4 Å². The number of morpholine rings is 1. The van der Waals surface area contributed by atoms with Gasteiger partial charge in [-0.15, -0.1) is 11.3 Å². The molecule has 1 aliphatic heterocycles. The third kappa shape index (κ3) is 6.00. The fourth-order valence-corrected chi connectivity index (χ4v) is 3.80. The average Bonchev–Trinajstić information content (AvgIpc) is 3.13. The molecule has 0 spiro atoms. The van der Waals surface area contributed by atoms with E-state index >= 15 is 0 Å². The van der Waals surface area contributed by atoms with Gasteiger partial charge in [0.25, 0.3) is 0 Å². The first-order valence-corrected chi connectivity index (χ1v) is 10.0. The first-order valence-electron chi connectivity index (χ1n) is 9.14. The number of rotatable bonds is 10. The maximum Gasteiger partial charge on any atom is 0.138 e. The molecule has 8 heteroatoms. The monoisotopic (exact) mass is 390 g/mol. The number of anilines is 1. The number of thiophene rings is 1. The Balaban J connectivity index is 1.47. The van der Waals surface area contributed by atoms with Gasteiger partial charge in [0.15, 0.2) is 0 Å². The maximum absolute atomic E-state index is 11.2. The van der Waals surface area contributed by atoms with E-state index in [2.05, 4.69) is 15.4 Å². The van der Waals surface area contributed by atoms with Crippen LogP contribution in [0.5, 0.6) is 5.75 Å². The van der Waals surface area contributed by atoms with Gasteiger partial charge in [0.2, 0.25) is 0 Å². The van der Waals surface area contributed by atoms with Crippen LogP contribution in [0.2, 0.25) is 0 Å². The molecule has 0 bridgehead atoms. The lowest BCUT2D eigenvalue weighted by Gasteiger charge is -2.26. The number of nitrogen functional groups attached to an aromatic ring is 1. The molecule has 2 aromatic rings. The summed E-state index contributed by atoms with van der Waals surface area (Å²) < 4.78 is 11.4. The summed E-state index contributed by atoms with van der Waals surface area (Å²) in [5.41, 5.74) is 7.46. The molecule has 2 heterocycles. The first kappa shape index (κ1) is 19.8. The average molecular weight is 391 g/mol. The third-order valence-corrected chi connectivity index (χ3v) is 5.54. The second kappa shape index (κ2) is 10.4. The largest absolute Gasteiger partial charge is 0.492 e. The van der Waals surface area contributed by atoms with E-state index in [4.69, 9.17) is 15.2 Å². The van der Waals surface area contributed by atoms with E-state index in [-0.39, 0.29) is 0 Å². The molecule has 1 aromatic carbocycles. The van der Waals surface area contributed by atoms with Crippen molar-refractivity contribution in [2.24, 2.45) is 5.18 Å². The van der Waals surface area contributed by atoms with E-state index in [1.807, 2.05) is 29.6 Å². The van der Waals surface area contributed by atoms with E-state index < -0.39 is 6.04 Å². The van der Waals surface area contributed by atoms with E-state index in [1.165, 1.54) is 11.3 Å². The minimum Gasteiger partial charge on any atom is -0.492 e. The van der Waals surface area contributed by atoms with Crippen LogP contribution in [0.15, 0.2) is 40.9 Å². The molecule has 0 amide bonds. The molecule has 1 aliphatic rings. The lowest BCUT2D eigenvalue weighted by molar-refractivity contribution is 0.0322. The Hall–Kier alpha value is -2.00. The molecule has 0 unspecified atom stereocenters. The third-order valence-electron chi connectivity index (χ3n) is 4.49. The van der Waals surface area contributed by atoms with Gasteiger partial charge in [0, 0.05) is 54.2 Å². The second-order valence-corrected chi connectivity index (χ2v) is 7.39. The molecule has 3 N–H and O–H groups in total. The van der Waals surface area contributed by atoms with E-state index in [1.54, 1.807) is 6.07 Å². The van der Waals surface area contributed by atoms with Crippen LogP contribution in [0.1, 0.15) is 16.5 Å². The van der Waals surface area contributed by atoms with Crippen molar-refractivity contribution >= 4 is 17.0 Å². The summed E-state index contributed by atoms with van der Waals surface area (Å²) in [6, 6.07) is 9.34. The lowest BCUT2D eigenvalue weighted by Crippen LogP contribution is -2.38. The summed E-state index contributed by atoms with van der Waals surface area (Å²) in [5.74, 6) is 0.870. The maximum atomic E-state index is 11.2. The molecule has 1 fully saturated rings. The number of hydrogen-bond donors (Lipinski definition) is 2. The van der Waals surface area contributed by atoms with Crippen LogP contribution in [0.25, 0.3) is 0 Å². The summed E-state index contributed by atoms with van der Waals surface area (Å²) in [6.45, 7) is 6.11. The topological polar surface area (TPSA) is 89.2 Å². The summed E-state index contributed by atoms with van der Waals surface area (Å²) in [5, 5.41) is 8.35. The highest BCUT2D eigenvalue weighted by atomic mass is 32.1. The quantitative estimate of drug-likeness (QED) is 0.606. The van der Waals surface area contributed by atoms with Gasteiger partial charge in [-0.2, -0.15) is 4.91 Å². The van der Waals surface area contributed by atoms with Crippen molar-refractivity contribution in [2.45, 2.75) is 12.6 Å². The second-order valence-electron chi connectivity index (χ2n) is 6.44. The van der Waals surface area contributed by atoms with Crippen molar-refractivity contribution in [1.29, 1.82) is 0 Å². The zero-order valence-electron chi connectivity index (χ0n) is 15.3. The number of para-hydroxylation sites is 1.